The second-order valence-corrected chi connectivity index (χ2v) is 6.14. The SMILES string of the molecule is COC(=O)c1ccc(Cl)c(NC(=O)c2ccc(C)c(-n3cccc3)c2)c1. The monoisotopic (exact) mass is 368 g/mol. The summed E-state index contributed by atoms with van der Waals surface area (Å²) in [6.07, 6.45) is 3.83. The number of esters is 1. The highest BCUT2D eigenvalue weighted by molar-refractivity contribution is 6.34. The van der Waals surface area contributed by atoms with Gasteiger partial charge in [-0.25, -0.2) is 4.79 Å². The molecule has 0 saturated carbocycles. The van der Waals surface area contributed by atoms with Crippen LogP contribution in [0.1, 0.15) is 26.3 Å². The smallest absolute Gasteiger partial charge is 0.337 e. The molecule has 2 aromatic carbocycles. The first kappa shape index (κ1) is 17.8. The lowest BCUT2D eigenvalue weighted by molar-refractivity contribution is 0.0600. The molecule has 0 aliphatic carbocycles. The first-order chi connectivity index (χ1) is 12.5. The van der Waals surface area contributed by atoms with Crippen molar-refractivity contribution >= 4 is 29.2 Å². The largest absolute Gasteiger partial charge is 0.465 e. The van der Waals surface area contributed by atoms with E-state index >= 15 is 0 Å². The minimum absolute atomic E-state index is 0.309. The van der Waals surface area contributed by atoms with E-state index < -0.39 is 5.97 Å². The lowest BCUT2D eigenvalue weighted by Crippen LogP contribution is -2.14. The number of carbonyl (C=O) groups is 2. The number of aromatic nitrogens is 1. The van der Waals surface area contributed by atoms with Crippen molar-refractivity contribution in [3.05, 3.63) is 82.6 Å². The molecule has 132 valence electrons. The first-order valence-electron chi connectivity index (χ1n) is 7.93. The van der Waals surface area contributed by atoms with Gasteiger partial charge >= 0.3 is 5.97 Å². The van der Waals surface area contributed by atoms with Crippen LogP contribution in [0.25, 0.3) is 5.69 Å². The molecule has 0 atom stereocenters. The number of aryl methyl sites for hydroxylation is 1. The highest BCUT2D eigenvalue weighted by Gasteiger charge is 2.14. The van der Waals surface area contributed by atoms with Crippen molar-refractivity contribution in [3.63, 3.8) is 0 Å². The molecule has 0 saturated heterocycles. The van der Waals surface area contributed by atoms with Crippen molar-refractivity contribution < 1.29 is 14.3 Å². The van der Waals surface area contributed by atoms with Crippen LogP contribution in [0.2, 0.25) is 5.02 Å². The third-order valence-corrected chi connectivity index (χ3v) is 4.32. The quantitative estimate of drug-likeness (QED) is 0.691. The van der Waals surface area contributed by atoms with E-state index in [1.807, 2.05) is 48.1 Å². The second-order valence-electron chi connectivity index (χ2n) is 5.73. The van der Waals surface area contributed by atoms with Crippen molar-refractivity contribution in [2.24, 2.45) is 0 Å². The number of nitrogens with one attached hydrogen (secondary N) is 1. The summed E-state index contributed by atoms with van der Waals surface area (Å²) >= 11 is 6.14. The molecule has 0 fully saturated rings. The number of benzene rings is 2. The normalized spacial score (nSPS) is 10.4. The molecule has 26 heavy (non-hydrogen) atoms. The Morgan fingerprint density at radius 2 is 1.73 bits per heavy atom. The van der Waals surface area contributed by atoms with Gasteiger partial charge in [0.1, 0.15) is 0 Å². The van der Waals surface area contributed by atoms with Crippen LogP contribution in [0.15, 0.2) is 60.9 Å². The average molecular weight is 369 g/mol. The van der Waals surface area contributed by atoms with E-state index in [0.717, 1.165) is 11.3 Å². The molecule has 1 N–H and O–H groups in total. The van der Waals surface area contributed by atoms with E-state index in [-0.39, 0.29) is 5.91 Å². The molecule has 0 aliphatic rings. The Balaban J connectivity index is 1.89. The van der Waals surface area contributed by atoms with Gasteiger partial charge in [0.15, 0.2) is 0 Å². The number of hydrogen-bond donors (Lipinski definition) is 1. The molecule has 3 aromatic rings. The number of carbonyl (C=O) groups excluding carboxylic acids is 2. The van der Waals surface area contributed by atoms with E-state index in [1.54, 1.807) is 18.2 Å². The molecule has 1 amide bonds. The predicted molar refractivity (Wildman–Crippen MR) is 101 cm³/mol. The van der Waals surface area contributed by atoms with Crippen LogP contribution >= 0.6 is 11.6 Å². The van der Waals surface area contributed by atoms with Gasteiger partial charge in [-0.05, 0) is 55.0 Å². The zero-order chi connectivity index (χ0) is 18.7. The van der Waals surface area contributed by atoms with Gasteiger partial charge < -0.3 is 14.6 Å². The maximum absolute atomic E-state index is 12.7. The van der Waals surface area contributed by atoms with Gasteiger partial charge in [0, 0.05) is 23.6 Å². The molecular weight excluding hydrogens is 352 g/mol. The molecule has 3 rings (SSSR count). The first-order valence-corrected chi connectivity index (χ1v) is 8.30. The summed E-state index contributed by atoms with van der Waals surface area (Å²) in [6.45, 7) is 1.98. The Hall–Kier alpha value is -3.05. The Bertz CT molecular complexity index is 965. The Morgan fingerprint density at radius 1 is 1.04 bits per heavy atom. The summed E-state index contributed by atoms with van der Waals surface area (Å²) in [7, 11) is 1.30. The molecule has 5 nitrogen and oxygen atoms in total. The van der Waals surface area contributed by atoms with Crippen molar-refractivity contribution in [2.75, 3.05) is 12.4 Å². The van der Waals surface area contributed by atoms with Crippen LogP contribution in [-0.4, -0.2) is 23.6 Å². The van der Waals surface area contributed by atoms with Crippen LogP contribution < -0.4 is 5.32 Å². The van der Waals surface area contributed by atoms with E-state index in [2.05, 4.69) is 5.32 Å². The maximum Gasteiger partial charge on any atom is 0.337 e. The number of nitrogens with zero attached hydrogens (tertiary/aromatic N) is 1. The summed E-state index contributed by atoms with van der Waals surface area (Å²) in [5.41, 5.74) is 3.10. The maximum atomic E-state index is 12.7. The number of halogens is 1. The molecule has 0 radical (unpaired) electrons. The Labute approximate surface area is 156 Å². The number of rotatable bonds is 4. The number of methoxy groups -OCH3 is 1. The molecule has 0 aliphatic heterocycles. The minimum atomic E-state index is -0.498. The summed E-state index contributed by atoms with van der Waals surface area (Å²) in [4.78, 5) is 24.3. The van der Waals surface area contributed by atoms with E-state index in [9.17, 15) is 9.59 Å². The molecule has 1 aromatic heterocycles. The van der Waals surface area contributed by atoms with Gasteiger partial charge in [0.05, 0.1) is 23.4 Å². The van der Waals surface area contributed by atoms with Crippen LogP contribution in [0.4, 0.5) is 5.69 Å². The van der Waals surface area contributed by atoms with Crippen molar-refractivity contribution in [3.8, 4) is 5.69 Å². The second kappa shape index (κ2) is 7.45. The van der Waals surface area contributed by atoms with E-state index in [1.165, 1.54) is 13.2 Å². The van der Waals surface area contributed by atoms with Crippen LogP contribution in [0, 0.1) is 6.92 Å². The van der Waals surface area contributed by atoms with Gasteiger partial charge in [0.2, 0.25) is 0 Å². The summed E-state index contributed by atoms with van der Waals surface area (Å²) < 4.78 is 6.63. The zero-order valence-electron chi connectivity index (χ0n) is 14.3. The van der Waals surface area contributed by atoms with Crippen LogP contribution in [0.3, 0.4) is 0 Å². The van der Waals surface area contributed by atoms with Gasteiger partial charge in [0.25, 0.3) is 5.91 Å². The fraction of sp³-hybridized carbons (Fsp3) is 0.100. The average Bonchev–Trinajstić information content (AvgIpc) is 3.17. The fourth-order valence-electron chi connectivity index (χ4n) is 2.58. The minimum Gasteiger partial charge on any atom is -0.465 e. The number of amides is 1. The highest BCUT2D eigenvalue weighted by Crippen LogP contribution is 2.25. The third-order valence-electron chi connectivity index (χ3n) is 3.99. The molecule has 0 spiro atoms. The van der Waals surface area contributed by atoms with E-state index in [0.29, 0.717) is 21.8 Å². The van der Waals surface area contributed by atoms with Crippen molar-refractivity contribution in [2.45, 2.75) is 6.92 Å². The molecular formula is C20H17ClN2O3. The zero-order valence-corrected chi connectivity index (χ0v) is 15.1. The van der Waals surface area contributed by atoms with Crippen LogP contribution in [0.5, 0.6) is 0 Å². The summed E-state index contributed by atoms with van der Waals surface area (Å²) in [5, 5.41) is 3.09. The fourth-order valence-corrected chi connectivity index (χ4v) is 2.75. The number of hydrogen-bond acceptors (Lipinski definition) is 3. The molecule has 0 unspecified atom stereocenters. The predicted octanol–water partition coefficient (Wildman–Crippen LogP) is 4.48. The number of anilines is 1. The third kappa shape index (κ3) is 3.63. The Kier molecular flexibility index (Phi) is 5.09. The molecule has 0 bridgehead atoms. The van der Waals surface area contributed by atoms with Crippen molar-refractivity contribution in [1.29, 1.82) is 0 Å². The standard InChI is InChI=1S/C20H17ClN2O3/c1-13-5-6-14(12-18(13)23-9-3-4-10-23)19(24)22-17-11-15(20(25)26-2)7-8-16(17)21/h3-12H,1-2H3,(H,22,24). The molecule has 1 heterocycles. The molecule has 6 heteroatoms. The van der Waals surface area contributed by atoms with Gasteiger partial charge in [-0.2, -0.15) is 0 Å². The Morgan fingerprint density at radius 3 is 2.42 bits per heavy atom. The summed E-state index contributed by atoms with van der Waals surface area (Å²) in [6, 6.07) is 13.9. The van der Waals surface area contributed by atoms with Crippen LogP contribution in [-0.2, 0) is 4.74 Å². The summed E-state index contributed by atoms with van der Waals surface area (Å²) in [5.74, 6) is -0.815. The van der Waals surface area contributed by atoms with Crippen molar-refractivity contribution in [1.82, 2.24) is 4.57 Å². The van der Waals surface area contributed by atoms with E-state index in [4.69, 9.17) is 16.3 Å². The topological polar surface area (TPSA) is 60.3 Å². The van der Waals surface area contributed by atoms with Gasteiger partial charge in [-0.1, -0.05) is 17.7 Å². The van der Waals surface area contributed by atoms with Gasteiger partial charge in [-0.15, -0.1) is 0 Å². The lowest BCUT2D eigenvalue weighted by Gasteiger charge is -2.12. The van der Waals surface area contributed by atoms with Gasteiger partial charge in [-0.3, -0.25) is 4.79 Å². The highest BCUT2D eigenvalue weighted by atomic mass is 35.5. The number of ether oxygens (including phenoxy) is 1. The lowest BCUT2D eigenvalue weighted by atomic mass is 10.1.